The second kappa shape index (κ2) is 8.47. The fraction of sp³-hybridized carbons (Fsp3) is 0.190. The third-order valence-electron chi connectivity index (χ3n) is 4.25. The fourth-order valence-electron chi connectivity index (χ4n) is 2.79. The van der Waals surface area contributed by atoms with Gasteiger partial charge in [0.15, 0.2) is 11.5 Å². The number of aryl methyl sites for hydroxylation is 1. The van der Waals surface area contributed by atoms with E-state index >= 15 is 0 Å². The van der Waals surface area contributed by atoms with Crippen molar-refractivity contribution in [2.24, 2.45) is 5.10 Å². The Labute approximate surface area is 166 Å². The zero-order valence-electron chi connectivity index (χ0n) is 16.4. The van der Waals surface area contributed by atoms with Crippen LogP contribution in [0.25, 0.3) is 11.0 Å². The Morgan fingerprint density at radius 3 is 2.38 bits per heavy atom. The van der Waals surface area contributed by atoms with Crippen LogP contribution in [0.4, 0.5) is 0 Å². The van der Waals surface area contributed by atoms with Gasteiger partial charge in [0.2, 0.25) is 11.2 Å². The zero-order valence-corrected chi connectivity index (χ0v) is 16.4. The Bertz CT molecular complexity index is 1120. The molecule has 2 aromatic carbocycles. The number of hydrogen-bond donors (Lipinski definition) is 1. The lowest BCUT2D eigenvalue weighted by molar-refractivity contribution is 0.0954. The van der Waals surface area contributed by atoms with Gasteiger partial charge >= 0.3 is 0 Å². The molecule has 0 aliphatic rings. The molecular formula is C21H20N2O6. The number of rotatable bonds is 6. The maximum absolute atomic E-state index is 12.6. The average molecular weight is 396 g/mol. The van der Waals surface area contributed by atoms with E-state index in [-0.39, 0.29) is 16.6 Å². The molecule has 3 aromatic rings. The molecule has 0 saturated carbocycles. The summed E-state index contributed by atoms with van der Waals surface area (Å²) in [4.78, 5) is 25.0. The van der Waals surface area contributed by atoms with Gasteiger partial charge in [-0.3, -0.25) is 9.59 Å². The van der Waals surface area contributed by atoms with Gasteiger partial charge in [-0.05, 0) is 31.2 Å². The second-order valence-electron chi connectivity index (χ2n) is 6.13. The Morgan fingerprint density at radius 1 is 1.07 bits per heavy atom. The minimum absolute atomic E-state index is 0.216. The van der Waals surface area contributed by atoms with Crippen LogP contribution < -0.4 is 25.1 Å². The Morgan fingerprint density at radius 2 is 1.76 bits per heavy atom. The minimum atomic E-state index is -0.512. The number of ether oxygens (including phenoxy) is 3. The summed E-state index contributed by atoms with van der Waals surface area (Å²) in [5.41, 5.74) is 4.03. The van der Waals surface area contributed by atoms with Crippen molar-refractivity contribution < 1.29 is 23.4 Å². The van der Waals surface area contributed by atoms with Gasteiger partial charge < -0.3 is 18.6 Å². The number of hydrazone groups is 1. The van der Waals surface area contributed by atoms with Crippen LogP contribution in [-0.2, 0) is 0 Å². The summed E-state index contributed by atoms with van der Waals surface area (Å²) in [6.07, 6.45) is 2.54. The second-order valence-corrected chi connectivity index (χ2v) is 6.13. The highest BCUT2D eigenvalue weighted by Gasteiger charge is 2.16. The highest BCUT2D eigenvalue weighted by Crippen LogP contribution is 2.38. The molecule has 8 nitrogen and oxygen atoms in total. The zero-order chi connectivity index (χ0) is 21.0. The summed E-state index contributed by atoms with van der Waals surface area (Å²) in [7, 11) is 4.39. The first-order valence-electron chi connectivity index (χ1n) is 8.64. The third kappa shape index (κ3) is 4.06. The summed E-state index contributed by atoms with van der Waals surface area (Å²) in [6, 6.07) is 8.33. The van der Waals surface area contributed by atoms with E-state index in [2.05, 4.69) is 10.5 Å². The molecule has 0 bridgehead atoms. The molecule has 0 radical (unpaired) electrons. The van der Waals surface area contributed by atoms with Crippen LogP contribution in [0.15, 0.2) is 50.9 Å². The molecule has 1 aromatic heterocycles. The molecule has 3 rings (SSSR count). The first-order valence-corrected chi connectivity index (χ1v) is 8.64. The number of carbonyl (C=O) groups excluding carboxylic acids is 1. The predicted molar refractivity (Wildman–Crippen MR) is 108 cm³/mol. The Hall–Kier alpha value is -3.81. The smallest absolute Gasteiger partial charge is 0.271 e. The van der Waals surface area contributed by atoms with Crippen molar-refractivity contribution in [3.63, 3.8) is 0 Å². The van der Waals surface area contributed by atoms with Gasteiger partial charge in [0.1, 0.15) is 11.8 Å². The lowest BCUT2D eigenvalue weighted by atomic mass is 10.1. The summed E-state index contributed by atoms with van der Waals surface area (Å²) in [5, 5.41) is 4.31. The van der Waals surface area contributed by atoms with Gasteiger partial charge in [0, 0.05) is 5.56 Å². The van der Waals surface area contributed by atoms with Gasteiger partial charge in [-0.25, -0.2) is 5.43 Å². The quantitative estimate of drug-likeness (QED) is 0.508. The summed E-state index contributed by atoms with van der Waals surface area (Å²) < 4.78 is 21.2. The molecule has 0 aliphatic carbocycles. The molecule has 150 valence electrons. The number of nitrogens with zero attached hydrogens (tertiary/aromatic N) is 1. The molecule has 1 N–H and O–H groups in total. The van der Waals surface area contributed by atoms with Crippen molar-refractivity contribution >= 4 is 23.1 Å². The molecule has 0 aliphatic heterocycles. The minimum Gasteiger partial charge on any atom is -0.493 e. The summed E-state index contributed by atoms with van der Waals surface area (Å²) >= 11 is 0. The van der Waals surface area contributed by atoms with Crippen LogP contribution in [0.2, 0.25) is 0 Å². The number of amides is 1. The number of benzene rings is 2. The molecule has 1 heterocycles. The molecular weight excluding hydrogens is 376 g/mol. The van der Waals surface area contributed by atoms with E-state index in [4.69, 9.17) is 18.6 Å². The van der Waals surface area contributed by atoms with E-state index in [0.29, 0.717) is 28.2 Å². The maximum atomic E-state index is 12.6. The lowest BCUT2D eigenvalue weighted by Gasteiger charge is -2.13. The molecule has 1 amide bonds. The molecule has 0 spiro atoms. The topological polar surface area (TPSA) is 99.4 Å². The van der Waals surface area contributed by atoms with Crippen LogP contribution in [0, 0.1) is 6.92 Å². The van der Waals surface area contributed by atoms with Crippen LogP contribution in [0.3, 0.4) is 0 Å². The highest BCUT2D eigenvalue weighted by molar-refractivity contribution is 5.96. The molecule has 0 unspecified atom stereocenters. The van der Waals surface area contributed by atoms with Crippen molar-refractivity contribution in [2.45, 2.75) is 6.92 Å². The van der Waals surface area contributed by atoms with Gasteiger partial charge in [0.25, 0.3) is 5.91 Å². The van der Waals surface area contributed by atoms with E-state index in [0.717, 1.165) is 5.56 Å². The number of carbonyl (C=O) groups is 1. The van der Waals surface area contributed by atoms with Gasteiger partial charge in [-0.2, -0.15) is 5.10 Å². The van der Waals surface area contributed by atoms with Crippen molar-refractivity contribution in [3.8, 4) is 17.2 Å². The first-order chi connectivity index (χ1) is 14.0. The summed E-state index contributed by atoms with van der Waals surface area (Å²) in [6.45, 7) is 1.89. The standard InChI is InChI=1S/C21H20N2O6/c1-12-5-6-16-15(7-12)19(24)14(11-29-16)10-22-23-21(25)13-8-17(26-2)20(28-4)18(9-13)27-3/h5-11H,1-4H3,(H,23,25)/b22-10-. The molecule has 0 fully saturated rings. The van der Waals surface area contributed by atoms with E-state index in [9.17, 15) is 9.59 Å². The molecule has 8 heteroatoms. The normalized spacial score (nSPS) is 10.9. The third-order valence-corrected chi connectivity index (χ3v) is 4.25. The maximum Gasteiger partial charge on any atom is 0.271 e. The van der Waals surface area contributed by atoms with Crippen molar-refractivity contribution in [2.75, 3.05) is 21.3 Å². The van der Waals surface area contributed by atoms with Crippen molar-refractivity contribution in [1.29, 1.82) is 0 Å². The van der Waals surface area contributed by atoms with E-state index in [1.807, 2.05) is 13.0 Å². The van der Waals surface area contributed by atoms with E-state index in [1.165, 1.54) is 45.9 Å². The van der Waals surface area contributed by atoms with Crippen LogP contribution in [0.5, 0.6) is 17.2 Å². The van der Waals surface area contributed by atoms with Crippen molar-refractivity contribution in [1.82, 2.24) is 5.43 Å². The largest absolute Gasteiger partial charge is 0.493 e. The van der Waals surface area contributed by atoms with E-state index < -0.39 is 5.91 Å². The predicted octanol–water partition coefficient (Wildman–Crippen LogP) is 2.89. The SMILES string of the molecule is COc1cc(C(=O)N/N=C\c2coc3ccc(C)cc3c2=O)cc(OC)c1OC. The molecule has 0 saturated heterocycles. The van der Waals surface area contributed by atoms with E-state index in [1.54, 1.807) is 12.1 Å². The monoisotopic (exact) mass is 396 g/mol. The fourth-order valence-corrected chi connectivity index (χ4v) is 2.79. The number of nitrogens with one attached hydrogen (secondary N) is 1. The number of fused-ring (bicyclic) bond motifs is 1. The van der Waals surface area contributed by atoms with Gasteiger partial charge in [0.05, 0.1) is 38.5 Å². The van der Waals surface area contributed by atoms with Crippen LogP contribution in [-0.4, -0.2) is 33.5 Å². The Kier molecular flexibility index (Phi) is 5.82. The molecule has 29 heavy (non-hydrogen) atoms. The van der Waals surface area contributed by atoms with Crippen LogP contribution >= 0.6 is 0 Å². The first kappa shape index (κ1) is 19.9. The Balaban J connectivity index is 1.84. The average Bonchev–Trinajstić information content (AvgIpc) is 2.74. The lowest BCUT2D eigenvalue weighted by Crippen LogP contribution is -2.19. The van der Waals surface area contributed by atoms with Gasteiger partial charge in [-0.15, -0.1) is 0 Å². The van der Waals surface area contributed by atoms with Crippen molar-refractivity contribution in [3.05, 3.63) is 63.5 Å². The van der Waals surface area contributed by atoms with Gasteiger partial charge in [-0.1, -0.05) is 11.6 Å². The van der Waals surface area contributed by atoms with Crippen LogP contribution in [0.1, 0.15) is 21.5 Å². The highest BCUT2D eigenvalue weighted by atomic mass is 16.5. The number of methoxy groups -OCH3 is 3. The molecule has 0 atom stereocenters. The number of hydrogen-bond acceptors (Lipinski definition) is 7. The summed E-state index contributed by atoms with van der Waals surface area (Å²) in [5.74, 6) is 0.540.